The Kier molecular flexibility index (Phi) is 7.85. The molecule has 3 aromatic rings. The molecule has 0 radical (unpaired) electrons. The molecular formula is C26H25ClN2O4. The summed E-state index contributed by atoms with van der Waals surface area (Å²) >= 11 is 5.96. The number of benzene rings is 3. The molecule has 0 aromatic heterocycles. The van der Waals surface area contributed by atoms with Crippen molar-refractivity contribution in [2.24, 2.45) is 5.92 Å². The Morgan fingerprint density at radius 3 is 2.06 bits per heavy atom. The maximum absolute atomic E-state index is 12.4. The average Bonchev–Trinajstić information content (AvgIpc) is 2.77. The normalized spacial score (nSPS) is 11.6. The van der Waals surface area contributed by atoms with Crippen LogP contribution in [0.15, 0.2) is 72.8 Å². The molecule has 0 fully saturated rings. The monoisotopic (exact) mass is 464 g/mol. The molecule has 0 unspecified atom stereocenters. The second-order valence-corrected chi connectivity index (χ2v) is 8.48. The summed E-state index contributed by atoms with van der Waals surface area (Å²) in [5.41, 5.74) is 3.71. The molecule has 3 N–H and O–H groups in total. The Morgan fingerprint density at radius 1 is 0.909 bits per heavy atom. The average molecular weight is 465 g/mol. The predicted octanol–water partition coefficient (Wildman–Crippen LogP) is 5.03. The molecule has 6 nitrogen and oxygen atoms in total. The van der Waals surface area contributed by atoms with Crippen LogP contribution in [-0.2, 0) is 16.0 Å². The number of aliphatic carboxylic acids is 1. The van der Waals surface area contributed by atoms with E-state index >= 15 is 0 Å². The molecule has 3 aromatic carbocycles. The van der Waals surface area contributed by atoms with Gasteiger partial charge in [0.2, 0.25) is 5.91 Å². The minimum atomic E-state index is -1.06. The van der Waals surface area contributed by atoms with E-state index in [1.54, 1.807) is 50.2 Å². The molecule has 0 aliphatic rings. The van der Waals surface area contributed by atoms with E-state index in [-0.39, 0.29) is 18.2 Å². The zero-order valence-corrected chi connectivity index (χ0v) is 19.1. The van der Waals surface area contributed by atoms with Gasteiger partial charge in [0.25, 0.3) is 5.91 Å². The van der Waals surface area contributed by atoms with Crippen molar-refractivity contribution < 1.29 is 19.5 Å². The van der Waals surface area contributed by atoms with E-state index < -0.39 is 17.9 Å². The summed E-state index contributed by atoms with van der Waals surface area (Å²) in [4.78, 5) is 36.0. The van der Waals surface area contributed by atoms with Crippen molar-refractivity contribution in [2.45, 2.75) is 26.3 Å². The van der Waals surface area contributed by atoms with Crippen molar-refractivity contribution in [3.8, 4) is 11.1 Å². The molecule has 0 spiro atoms. The Bertz CT molecular complexity index is 1140. The van der Waals surface area contributed by atoms with E-state index in [1.807, 2.05) is 36.4 Å². The molecule has 0 aliphatic carbocycles. The van der Waals surface area contributed by atoms with Crippen molar-refractivity contribution in [3.05, 3.63) is 88.9 Å². The van der Waals surface area contributed by atoms with Crippen molar-refractivity contribution in [1.82, 2.24) is 5.32 Å². The lowest BCUT2D eigenvalue weighted by atomic mass is 10.0. The number of carboxylic acids is 1. The van der Waals surface area contributed by atoms with E-state index in [0.717, 1.165) is 16.7 Å². The van der Waals surface area contributed by atoms with Gasteiger partial charge >= 0.3 is 5.97 Å². The van der Waals surface area contributed by atoms with Gasteiger partial charge in [-0.25, -0.2) is 4.79 Å². The Balaban J connectivity index is 1.62. The zero-order valence-electron chi connectivity index (χ0n) is 18.3. The van der Waals surface area contributed by atoms with E-state index in [2.05, 4.69) is 10.6 Å². The number of hydrogen-bond donors (Lipinski definition) is 3. The van der Waals surface area contributed by atoms with Gasteiger partial charge in [-0.2, -0.15) is 0 Å². The van der Waals surface area contributed by atoms with Gasteiger partial charge in [0.15, 0.2) is 0 Å². The molecular weight excluding hydrogens is 440 g/mol. The third kappa shape index (κ3) is 6.67. The lowest BCUT2D eigenvalue weighted by Crippen LogP contribution is -2.44. The van der Waals surface area contributed by atoms with Gasteiger partial charge in [-0.15, -0.1) is 0 Å². The van der Waals surface area contributed by atoms with Gasteiger partial charge in [-0.05, 0) is 59.0 Å². The van der Waals surface area contributed by atoms with Crippen LogP contribution in [-0.4, -0.2) is 28.9 Å². The van der Waals surface area contributed by atoms with Crippen molar-refractivity contribution in [1.29, 1.82) is 0 Å². The smallest absolute Gasteiger partial charge is 0.326 e. The quantitative estimate of drug-likeness (QED) is 0.435. The molecule has 3 rings (SSSR count). The molecule has 1 atom stereocenters. The summed E-state index contributed by atoms with van der Waals surface area (Å²) < 4.78 is 0. The first-order chi connectivity index (χ1) is 15.7. The van der Waals surface area contributed by atoms with E-state index in [9.17, 15) is 19.5 Å². The Morgan fingerprint density at radius 2 is 1.52 bits per heavy atom. The van der Waals surface area contributed by atoms with Crippen molar-refractivity contribution in [3.63, 3.8) is 0 Å². The SMILES string of the molecule is CC(C)[C@H](NC(=O)c1ccc(-c2ccc(NC(=O)Cc3cccc(Cl)c3)cc2)cc1)C(=O)O. The summed E-state index contributed by atoms with van der Waals surface area (Å²) in [7, 11) is 0. The largest absolute Gasteiger partial charge is 0.480 e. The summed E-state index contributed by atoms with van der Waals surface area (Å²) in [6.45, 7) is 3.48. The first kappa shape index (κ1) is 24.0. The van der Waals surface area contributed by atoms with Crippen LogP contribution in [0.5, 0.6) is 0 Å². The topological polar surface area (TPSA) is 95.5 Å². The van der Waals surface area contributed by atoms with Gasteiger partial charge in [-0.1, -0.05) is 61.8 Å². The summed E-state index contributed by atoms with van der Waals surface area (Å²) in [6, 6.07) is 20.5. The standard InChI is InChI=1S/C26H25ClN2O4/c1-16(2)24(26(32)33)29-25(31)20-8-6-18(7-9-20)19-10-12-22(13-11-19)28-23(30)15-17-4-3-5-21(27)14-17/h3-14,16,24H,15H2,1-2H3,(H,28,30)(H,29,31)(H,32,33)/t24-/m0/s1. The summed E-state index contributed by atoms with van der Waals surface area (Å²) in [5, 5.41) is 15.3. The molecule has 33 heavy (non-hydrogen) atoms. The predicted molar refractivity (Wildman–Crippen MR) is 129 cm³/mol. The van der Waals surface area contributed by atoms with Crippen LogP contribution < -0.4 is 10.6 Å². The number of anilines is 1. The number of nitrogens with one attached hydrogen (secondary N) is 2. The van der Waals surface area contributed by atoms with Crippen LogP contribution >= 0.6 is 11.6 Å². The fourth-order valence-electron chi connectivity index (χ4n) is 3.34. The number of halogens is 1. The third-order valence-corrected chi connectivity index (χ3v) is 5.36. The molecule has 0 heterocycles. The number of hydrogen-bond acceptors (Lipinski definition) is 3. The molecule has 0 aliphatic heterocycles. The van der Waals surface area contributed by atoms with Crippen LogP contribution in [0.4, 0.5) is 5.69 Å². The Labute approximate surface area is 197 Å². The van der Waals surface area contributed by atoms with Crippen LogP contribution in [0.2, 0.25) is 5.02 Å². The van der Waals surface area contributed by atoms with Gasteiger partial charge in [0.1, 0.15) is 6.04 Å². The molecule has 2 amide bonds. The maximum Gasteiger partial charge on any atom is 0.326 e. The fourth-order valence-corrected chi connectivity index (χ4v) is 3.55. The van der Waals surface area contributed by atoms with Crippen LogP contribution in [0.1, 0.15) is 29.8 Å². The summed E-state index contributed by atoms with van der Waals surface area (Å²) in [6.07, 6.45) is 0.228. The van der Waals surface area contributed by atoms with E-state index in [4.69, 9.17) is 11.6 Å². The highest BCUT2D eigenvalue weighted by Gasteiger charge is 2.23. The number of rotatable bonds is 8. The van der Waals surface area contributed by atoms with Gasteiger partial charge < -0.3 is 15.7 Å². The van der Waals surface area contributed by atoms with Crippen LogP contribution in [0.25, 0.3) is 11.1 Å². The van der Waals surface area contributed by atoms with Gasteiger partial charge in [-0.3, -0.25) is 9.59 Å². The van der Waals surface area contributed by atoms with Crippen molar-refractivity contribution in [2.75, 3.05) is 5.32 Å². The van der Waals surface area contributed by atoms with E-state index in [1.165, 1.54) is 0 Å². The lowest BCUT2D eigenvalue weighted by molar-refractivity contribution is -0.140. The third-order valence-electron chi connectivity index (χ3n) is 5.12. The zero-order chi connectivity index (χ0) is 24.0. The van der Waals surface area contributed by atoms with Gasteiger partial charge in [0, 0.05) is 16.3 Å². The number of amides is 2. The molecule has 0 saturated heterocycles. The molecule has 0 bridgehead atoms. The van der Waals surface area contributed by atoms with Crippen molar-refractivity contribution >= 4 is 35.1 Å². The summed E-state index contributed by atoms with van der Waals surface area (Å²) in [5.74, 6) is -1.85. The first-order valence-electron chi connectivity index (χ1n) is 10.5. The molecule has 170 valence electrons. The van der Waals surface area contributed by atoms with E-state index in [0.29, 0.717) is 16.3 Å². The second kappa shape index (κ2) is 10.8. The molecule has 0 saturated carbocycles. The number of carboxylic acid groups (broad SMARTS) is 1. The fraction of sp³-hybridized carbons (Fsp3) is 0.192. The minimum absolute atomic E-state index is 0.138. The highest BCUT2D eigenvalue weighted by atomic mass is 35.5. The number of carbonyl (C=O) groups is 3. The Hall–Kier alpha value is -3.64. The highest BCUT2D eigenvalue weighted by molar-refractivity contribution is 6.30. The van der Waals surface area contributed by atoms with Gasteiger partial charge in [0.05, 0.1) is 6.42 Å². The lowest BCUT2D eigenvalue weighted by Gasteiger charge is -2.18. The van der Waals surface area contributed by atoms with Crippen LogP contribution in [0, 0.1) is 5.92 Å². The maximum atomic E-state index is 12.4. The minimum Gasteiger partial charge on any atom is -0.480 e. The first-order valence-corrected chi connectivity index (χ1v) is 10.9. The van der Waals surface area contributed by atoms with Crippen LogP contribution in [0.3, 0.4) is 0 Å². The highest BCUT2D eigenvalue weighted by Crippen LogP contribution is 2.22. The number of carbonyl (C=O) groups excluding carboxylic acids is 2. The molecule has 7 heteroatoms. The second-order valence-electron chi connectivity index (χ2n) is 8.04.